The molecule has 0 radical (unpaired) electrons. The Kier molecular flexibility index (Phi) is 5.74. The molecule has 0 bridgehead atoms. The number of nitrogens with one attached hydrogen (secondary N) is 2. The molecule has 2 aromatic carbocycles. The molecule has 0 amide bonds. The molecular weight excluding hydrogens is 364 g/mol. The lowest BCUT2D eigenvalue weighted by molar-refractivity contribution is 0.392. The summed E-state index contributed by atoms with van der Waals surface area (Å²) in [6.45, 7) is 3.47. The zero-order valence-electron chi connectivity index (χ0n) is 16.8. The molecule has 3 aromatic rings. The topological polar surface area (TPSA) is 76.4 Å². The predicted octanol–water partition coefficient (Wildman–Crippen LogP) is 3.06. The molecule has 0 saturated carbocycles. The molecule has 0 saturated heterocycles. The molecule has 2 heterocycles. The number of benzene rings is 2. The van der Waals surface area contributed by atoms with Crippen LogP contribution in [0.2, 0.25) is 0 Å². The number of aliphatic imine (C=N–C) groups is 1. The fraction of sp³-hybridized carbons (Fsp3) is 0.318. The van der Waals surface area contributed by atoms with Gasteiger partial charge in [0.15, 0.2) is 5.96 Å². The van der Waals surface area contributed by atoms with E-state index in [1.165, 1.54) is 5.56 Å². The Balaban J connectivity index is 1.38. The highest BCUT2D eigenvalue weighted by Gasteiger charge is 2.20. The molecule has 0 spiro atoms. The maximum absolute atomic E-state index is 6.12. The van der Waals surface area contributed by atoms with Gasteiger partial charge in [0, 0.05) is 31.6 Å². The van der Waals surface area contributed by atoms with Gasteiger partial charge in [0.2, 0.25) is 0 Å². The Bertz CT molecular complexity index is 996. The van der Waals surface area contributed by atoms with Gasteiger partial charge in [-0.3, -0.25) is 4.99 Å². The number of nitrogens with zero attached hydrogens (tertiary/aromatic N) is 4. The minimum Gasteiger partial charge on any atom is -0.457 e. The van der Waals surface area contributed by atoms with Crippen molar-refractivity contribution >= 4 is 5.96 Å². The van der Waals surface area contributed by atoms with E-state index in [1.54, 1.807) is 13.4 Å². The molecule has 150 valence electrons. The lowest BCUT2D eigenvalue weighted by Gasteiger charge is -2.25. The summed E-state index contributed by atoms with van der Waals surface area (Å²) in [5.74, 6) is 3.49. The van der Waals surface area contributed by atoms with Crippen molar-refractivity contribution in [2.24, 2.45) is 4.99 Å². The fourth-order valence-corrected chi connectivity index (χ4v) is 3.48. The Morgan fingerprint density at radius 3 is 3.00 bits per heavy atom. The van der Waals surface area contributed by atoms with Crippen LogP contribution >= 0.6 is 0 Å². The van der Waals surface area contributed by atoms with Gasteiger partial charge in [0.25, 0.3) is 0 Å². The molecule has 0 fully saturated rings. The Morgan fingerprint density at radius 2 is 2.14 bits per heavy atom. The molecule has 1 aliphatic rings. The SMILES string of the molecule is CN=C(NCc1ccccc1Oc1cccc(C)c1)NC1CCc2ncnn2C1. The third kappa shape index (κ3) is 4.74. The summed E-state index contributed by atoms with van der Waals surface area (Å²) < 4.78 is 8.08. The van der Waals surface area contributed by atoms with Gasteiger partial charge in [-0.25, -0.2) is 9.67 Å². The third-order valence-electron chi connectivity index (χ3n) is 5.01. The van der Waals surface area contributed by atoms with Crippen molar-refractivity contribution in [3.8, 4) is 11.5 Å². The van der Waals surface area contributed by atoms with E-state index in [0.29, 0.717) is 6.54 Å². The van der Waals surface area contributed by atoms with Crippen LogP contribution < -0.4 is 15.4 Å². The fourth-order valence-electron chi connectivity index (χ4n) is 3.48. The summed E-state index contributed by atoms with van der Waals surface area (Å²) in [6, 6.07) is 16.4. The Hall–Kier alpha value is -3.35. The average molecular weight is 390 g/mol. The van der Waals surface area contributed by atoms with E-state index in [9.17, 15) is 0 Å². The highest BCUT2D eigenvalue weighted by molar-refractivity contribution is 5.80. The summed E-state index contributed by atoms with van der Waals surface area (Å²) in [6.07, 6.45) is 3.55. The summed E-state index contributed by atoms with van der Waals surface area (Å²) in [5.41, 5.74) is 2.24. The lowest BCUT2D eigenvalue weighted by atomic mass is 10.1. The quantitative estimate of drug-likeness (QED) is 0.517. The van der Waals surface area contributed by atoms with Crippen molar-refractivity contribution < 1.29 is 4.74 Å². The van der Waals surface area contributed by atoms with Gasteiger partial charge < -0.3 is 15.4 Å². The average Bonchev–Trinajstić information content (AvgIpc) is 3.20. The maximum Gasteiger partial charge on any atom is 0.191 e. The van der Waals surface area contributed by atoms with Crippen LogP contribution in [-0.4, -0.2) is 33.8 Å². The third-order valence-corrected chi connectivity index (χ3v) is 5.01. The zero-order chi connectivity index (χ0) is 20.1. The van der Waals surface area contributed by atoms with Gasteiger partial charge in [-0.1, -0.05) is 30.3 Å². The van der Waals surface area contributed by atoms with Gasteiger partial charge in [-0.05, 0) is 37.1 Å². The van der Waals surface area contributed by atoms with Gasteiger partial charge in [-0.2, -0.15) is 5.10 Å². The lowest BCUT2D eigenvalue weighted by Crippen LogP contribution is -2.46. The van der Waals surface area contributed by atoms with E-state index < -0.39 is 0 Å². The van der Waals surface area contributed by atoms with Crippen LogP contribution in [0.3, 0.4) is 0 Å². The predicted molar refractivity (Wildman–Crippen MR) is 113 cm³/mol. The largest absolute Gasteiger partial charge is 0.457 e. The van der Waals surface area contributed by atoms with Crippen molar-refractivity contribution in [1.29, 1.82) is 0 Å². The molecular formula is C22H26N6O. The summed E-state index contributed by atoms with van der Waals surface area (Å²) in [4.78, 5) is 8.65. The number of para-hydroxylation sites is 1. The van der Waals surface area contributed by atoms with Crippen molar-refractivity contribution in [1.82, 2.24) is 25.4 Å². The first kappa shape index (κ1) is 19.0. The van der Waals surface area contributed by atoms with E-state index in [0.717, 1.165) is 48.2 Å². The minimum absolute atomic E-state index is 0.272. The van der Waals surface area contributed by atoms with Crippen molar-refractivity contribution in [2.45, 2.75) is 38.9 Å². The monoisotopic (exact) mass is 390 g/mol. The van der Waals surface area contributed by atoms with Crippen LogP contribution in [0.1, 0.15) is 23.4 Å². The number of hydrogen-bond acceptors (Lipinski definition) is 4. The van der Waals surface area contributed by atoms with Crippen molar-refractivity contribution in [3.63, 3.8) is 0 Å². The molecule has 1 aliphatic heterocycles. The smallest absolute Gasteiger partial charge is 0.191 e. The first-order valence-corrected chi connectivity index (χ1v) is 9.87. The molecule has 1 unspecified atom stereocenters. The van der Waals surface area contributed by atoms with Crippen LogP contribution in [0.5, 0.6) is 11.5 Å². The molecule has 0 aliphatic carbocycles. The van der Waals surface area contributed by atoms with E-state index >= 15 is 0 Å². The van der Waals surface area contributed by atoms with Crippen LogP contribution in [0, 0.1) is 6.92 Å². The molecule has 1 atom stereocenters. The van der Waals surface area contributed by atoms with Crippen molar-refractivity contribution in [2.75, 3.05) is 7.05 Å². The second kappa shape index (κ2) is 8.77. The molecule has 4 rings (SSSR count). The van der Waals surface area contributed by atoms with Gasteiger partial charge in [-0.15, -0.1) is 0 Å². The summed E-state index contributed by atoms with van der Waals surface area (Å²) in [7, 11) is 1.79. The van der Waals surface area contributed by atoms with Crippen LogP contribution in [-0.2, 0) is 19.5 Å². The number of aromatic nitrogens is 3. The summed E-state index contributed by atoms with van der Waals surface area (Å²) >= 11 is 0. The molecule has 7 nitrogen and oxygen atoms in total. The number of rotatable bonds is 5. The van der Waals surface area contributed by atoms with E-state index in [1.807, 2.05) is 41.1 Å². The van der Waals surface area contributed by atoms with Crippen LogP contribution in [0.4, 0.5) is 0 Å². The van der Waals surface area contributed by atoms with Gasteiger partial charge in [0.05, 0.1) is 6.54 Å². The highest BCUT2D eigenvalue weighted by Crippen LogP contribution is 2.25. The van der Waals surface area contributed by atoms with E-state index in [4.69, 9.17) is 4.74 Å². The number of fused-ring (bicyclic) bond motifs is 1. The van der Waals surface area contributed by atoms with E-state index in [2.05, 4.69) is 44.8 Å². The second-order valence-corrected chi connectivity index (χ2v) is 7.19. The Morgan fingerprint density at radius 1 is 1.24 bits per heavy atom. The molecule has 2 N–H and O–H groups in total. The molecule has 29 heavy (non-hydrogen) atoms. The Labute approximate surface area is 170 Å². The first-order chi connectivity index (χ1) is 14.2. The second-order valence-electron chi connectivity index (χ2n) is 7.19. The van der Waals surface area contributed by atoms with Gasteiger partial charge in [0.1, 0.15) is 23.7 Å². The number of hydrogen-bond donors (Lipinski definition) is 2. The first-order valence-electron chi connectivity index (χ1n) is 9.87. The van der Waals surface area contributed by atoms with Gasteiger partial charge >= 0.3 is 0 Å². The number of ether oxygens (including phenoxy) is 1. The van der Waals surface area contributed by atoms with Crippen LogP contribution in [0.25, 0.3) is 0 Å². The van der Waals surface area contributed by atoms with Crippen LogP contribution in [0.15, 0.2) is 59.9 Å². The minimum atomic E-state index is 0.272. The maximum atomic E-state index is 6.12. The van der Waals surface area contributed by atoms with Crippen molar-refractivity contribution in [3.05, 3.63) is 71.8 Å². The molecule has 7 heteroatoms. The zero-order valence-corrected chi connectivity index (χ0v) is 16.8. The standard InChI is InChI=1S/C22H26N6O/c1-16-6-5-8-19(12-16)29-20-9-4-3-7-17(20)13-24-22(23-2)27-18-10-11-21-25-15-26-28(21)14-18/h3-9,12,15,18H,10-11,13-14H2,1-2H3,(H2,23,24,27). The van der Waals surface area contributed by atoms with E-state index in [-0.39, 0.29) is 6.04 Å². The highest BCUT2D eigenvalue weighted by atomic mass is 16.5. The molecule has 1 aromatic heterocycles. The number of guanidine groups is 1. The normalized spacial score (nSPS) is 16.2. The number of aryl methyl sites for hydroxylation is 2. The summed E-state index contributed by atoms with van der Waals surface area (Å²) in [5, 5.41) is 11.2.